The Kier molecular flexibility index (Phi) is 3.23. The molecule has 0 fully saturated rings. The lowest BCUT2D eigenvalue weighted by atomic mass is 9.89. The Morgan fingerprint density at radius 1 is 1.69 bits per heavy atom. The Hall–Kier alpha value is -1.12. The van der Waals surface area contributed by atoms with Gasteiger partial charge in [-0.3, -0.25) is 9.59 Å². The molecule has 1 rings (SSSR count). The van der Waals surface area contributed by atoms with Crippen LogP contribution in [0.25, 0.3) is 0 Å². The highest BCUT2D eigenvalue weighted by molar-refractivity contribution is 6.05. The molecule has 0 aliphatic heterocycles. The number of hydrogen-bond acceptors (Lipinski definition) is 3. The van der Waals surface area contributed by atoms with Crippen molar-refractivity contribution in [2.45, 2.75) is 26.7 Å². The summed E-state index contributed by atoms with van der Waals surface area (Å²) in [4.78, 5) is 22.6. The minimum atomic E-state index is -0.552. The Labute approximate surface area is 77.8 Å². The molecule has 0 radical (unpaired) electrons. The molecule has 3 heteroatoms. The predicted molar refractivity (Wildman–Crippen MR) is 48.1 cm³/mol. The number of carbonyl (C=O) groups excluding carboxylic acids is 2. The predicted octanol–water partition coefficient (Wildman–Crippen LogP) is 1.47. The highest BCUT2D eigenvalue weighted by Crippen LogP contribution is 2.21. The van der Waals surface area contributed by atoms with E-state index in [-0.39, 0.29) is 11.8 Å². The molecule has 3 nitrogen and oxygen atoms in total. The summed E-state index contributed by atoms with van der Waals surface area (Å²) < 4.78 is 4.80. The van der Waals surface area contributed by atoms with Crippen LogP contribution in [0.5, 0.6) is 0 Å². The van der Waals surface area contributed by atoms with Crippen LogP contribution in [-0.4, -0.2) is 18.4 Å². The molecule has 1 atom stereocenters. The van der Waals surface area contributed by atoms with Gasteiger partial charge in [-0.05, 0) is 32.8 Å². The van der Waals surface area contributed by atoms with Gasteiger partial charge in [0.05, 0.1) is 6.61 Å². The van der Waals surface area contributed by atoms with E-state index >= 15 is 0 Å². The van der Waals surface area contributed by atoms with Gasteiger partial charge in [0.15, 0.2) is 5.78 Å². The topological polar surface area (TPSA) is 43.4 Å². The quantitative estimate of drug-likeness (QED) is 0.480. The van der Waals surface area contributed by atoms with Gasteiger partial charge in [-0.25, -0.2) is 0 Å². The van der Waals surface area contributed by atoms with Crippen LogP contribution in [0.4, 0.5) is 0 Å². The van der Waals surface area contributed by atoms with Gasteiger partial charge in [0, 0.05) is 0 Å². The van der Waals surface area contributed by atoms with Crippen LogP contribution in [0.3, 0.4) is 0 Å². The zero-order valence-corrected chi connectivity index (χ0v) is 8.00. The smallest absolute Gasteiger partial charge is 0.316 e. The molecule has 1 aliphatic carbocycles. The molecule has 1 unspecified atom stereocenters. The second kappa shape index (κ2) is 4.21. The summed E-state index contributed by atoms with van der Waals surface area (Å²) in [5.41, 5.74) is 1.05. The minimum Gasteiger partial charge on any atom is -0.465 e. The van der Waals surface area contributed by atoms with Crippen LogP contribution < -0.4 is 0 Å². The van der Waals surface area contributed by atoms with Crippen LogP contribution in [-0.2, 0) is 14.3 Å². The number of esters is 1. The Morgan fingerprint density at radius 3 is 2.92 bits per heavy atom. The van der Waals surface area contributed by atoms with Crippen molar-refractivity contribution in [2.24, 2.45) is 5.92 Å². The summed E-state index contributed by atoms with van der Waals surface area (Å²) in [5, 5.41) is 0. The molecular weight excluding hydrogens is 168 g/mol. The van der Waals surface area contributed by atoms with Crippen LogP contribution in [0.1, 0.15) is 26.7 Å². The zero-order valence-electron chi connectivity index (χ0n) is 8.00. The van der Waals surface area contributed by atoms with E-state index in [9.17, 15) is 9.59 Å². The molecule has 0 bridgehead atoms. The van der Waals surface area contributed by atoms with Crippen molar-refractivity contribution in [2.75, 3.05) is 6.61 Å². The van der Waals surface area contributed by atoms with Crippen molar-refractivity contribution in [1.29, 1.82) is 0 Å². The molecule has 0 saturated heterocycles. The number of rotatable bonds is 2. The molecule has 0 aromatic heterocycles. The average molecular weight is 182 g/mol. The second-order valence-corrected chi connectivity index (χ2v) is 3.24. The summed E-state index contributed by atoms with van der Waals surface area (Å²) in [6, 6.07) is 0. The molecule has 0 aromatic rings. The largest absolute Gasteiger partial charge is 0.465 e. The van der Waals surface area contributed by atoms with Crippen molar-refractivity contribution in [3.05, 3.63) is 11.6 Å². The lowest BCUT2D eigenvalue weighted by Gasteiger charge is -2.17. The van der Waals surface area contributed by atoms with Crippen LogP contribution in [0.2, 0.25) is 0 Å². The van der Waals surface area contributed by atoms with Crippen molar-refractivity contribution < 1.29 is 14.3 Å². The molecule has 0 heterocycles. The molecule has 0 spiro atoms. The van der Waals surface area contributed by atoms with E-state index in [4.69, 9.17) is 4.74 Å². The van der Waals surface area contributed by atoms with E-state index in [0.29, 0.717) is 13.0 Å². The van der Waals surface area contributed by atoms with Crippen LogP contribution >= 0.6 is 0 Å². The molecule has 0 aromatic carbocycles. The first-order valence-corrected chi connectivity index (χ1v) is 4.52. The SMILES string of the molecule is CCOC(=O)C1CCC(C)=CC1=O. The van der Waals surface area contributed by atoms with Gasteiger partial charge in [0.2, 0.25) is 0 Å². The highest BCUT2D eigenvalue weighted by atomic mass is 16.5. The molecular formula is C10H14O3. The van der Waals surface area contributed by atoms with Gasteiger partial charge in [0.1, 0.15) is 5.92 Å². The molecule has 1 aliphatic rings. The van der Waals surface area contributed by atoms with Crippen molar-refractivity contribution in [1.82, 2.24) is 0 Å². The van der Waals surface area contributed by atoms with E-state index in [1.807, 2.05) is 6.92 Å². The maximum atomic E-state index is 11.3. The standard InChI is InChI=1S/C10H14O3/c1-3-13-10(12)8-5-4-7(2)6-9(8)11/h6,8H,3-5H2,1-2H3. The third kappa shape index (κ3) is 2.41. The zero-order chi connectivity index (χ0) is 9.84. The summed E-state index contributed by atoms with van der Waals surface area (Å²) >= 11 is 0. The maximum absolute atomic E-state index is 11.3. The fourth-order valence-electron chi connectivity index (χ4n) is 1.41. The van der Waals surface area contributed by atoms with Gasteiger partial charge >= 0.3 is 5.97 Å². The van der Waals surface area contributed by atoms with E-state index in [1.54, 1.807) is 13.0 Å². The molecule has 13 heavy (non-hydrogen) atoms. The lowest BCUT2D eigenvalue weighted by molar-refractivity contribution is -0.151. The van der Waals surface area contributed by atoms with Crippen LogP contribution in [0.15, 0.2) is 11.6 Å². The van der Waals surface area contributed by atoms with Crippen LogP contribution in [0, 0.1) is 5.92 Å². The lowest BCUT2D eigenvalue weighted by Crippen LogP contribution is -2.27. The van der Waals surface area contributed by atoms with Crippen molar-refractivity contribution in [3.8, 4) is 0 Å². The fourth-order valence-corrected chi connectivity index (χ4v) is 1.41. The van der Waals surface area contributed by atoms with Gasteiger partial charge in [-0.15, -0.1) is 0 Å². The summed E-state index contributed by atoms with van der Waals surface area (Å²) in [5.74, 6) is -1.04. The van der Waals surface area contributed by atoms with Gasteiger partial charge in [-0.2, -0.15) is 0 Å². The van der Waals surface area contributed by atoms with E-state index in [0.717, 1.165) is 12.0 Å². The number of hydrogen-bond donors (Lipinski definition) is 0. The molecule has 0 saturated carbocycles. The number of ether oxygens (including phenoxy) is 1. The fraction of sp³-hybridized carbons (Fsp3) is 0.600. The highest BCUT2D eigenvalue weighted by Gasteiger charge is 2.28. The van der Waals surface area contributed by atoms with E-state index < -0.39 is 5.92 Å². The minimum absolute atomic E-state index is 0.109. The van der Waals surface area contributed by atoms with Crippen molar-refractivity contribution in [3.63, 3.8) is 0 Å². The Balaban J connectivity index is 2.63. The summed E-state index contributed by atoms with van der Waals surface area (Å²) in [6.45, 7) is 3.98. The molecule has 0 N–H and O–H groups in total. The first-order chi connectivity index (χ1) is 6.15. The average Bonchev–Trinajstić information content (AvgIpc) is 2.04. The number of allylic oxidation sites excluding steroid dienone is 2. The summed E-state index contributed by atoms with van der Waals surface area (Å²) in [7, 11) is 0. The summed E-state index contributed by atoms with van der Waals surface area (Å²) in [6.07, 6.45) is 2.96. The Bertz CT molecular complexity index is 253. The monoisotopic (exact) mass is 182 g/mol. The molecule has 0 amide bonds. The van der Waals surface area contributed by atoms with E-state index in [2.05, 4.69) is 0 Å². The van der Waals surface area contributed by atoms with Gasteiger partial charge in [-0.1, -0.05) is 5.57 Å². The normalized spacial score (nSPS) is 22.5. The van der Waals surface area contributed by atoms with Gasteiger partial charge < -0.3 is 4.74 Å². The first-order valence-electron chi connectivity index (χ1n) is 4.52. The van der Waals surface area contributed by atoms with Gasteiger partial charge in [0.25, 0.3) is 0 Å². The first kappa shape index (κ1) is 9.96. The third-order valence-electron chi connectivity index (χ3n) is 2.13. The third-order valence-corrected chi connectivity index (χ3v) is 2.13. The van der Waals surface area contributed by atoms with E-state index in [1.165, 1.54) is 0 Å². The van der Waals surface area contributed by atoms with Crippen molar-refractivity contribution >= 4 is 11.8 Å². The number of ketones is 1. The Morgan fingerprint density at radius 2 is 2.38 bits per heavy atom. The second-order valence-electron chi connectivity index (χ2n) is 3.24. The maximum Gasteiger partial charge on any atom is 0.316 e. The molecule has 72 valence electrons. The number of carbonyl (C=O) groups is 2.